The molecule has 0 aromatic heterocycles. The zero-order chi connectivity index (χ0) is 23.5. The van der Waals surface area contributed by atoms with Crippen molar-refractivity contribution >= 4 is 31.8 Å². The molecule has 0 bridgehead atoms. The van der Waals surface area contributed by atoms with Gasteiger partial charge >= 0.3 is 0 Å². The van der Waals surface area contributed by atoms with Gasteiger partial charge < -0.3 is 5.32 Å². The molecule has 1 aliphatic rings. The number of benzene rings is 2. The number of amidine groups is 1. The molecule has 0 aliphatic carbocycles. The molecule has 172 valence electrons. The fourth-order valence-electron chi connectivity index (χ4n) is 3.19. The Bertz CT molecular complexity index is 1240. The van der Waals surface area contributed by atoms with E-state index < -0.39 is 26.1 Å². The Kier molecular flexibility index (Phi) is 7.01. The summed E-state index contributed by atoms with van der Waals surface area (Å²) in [6.45, 7) is 5.33. The fourth-order valence-corrected chi connectivity index (χ4v) is 5.86. The van der Waals surface area contributed by atoms with Gasteiger partial charge in [0, 0.05) is 18.2 Å². The van der Waals surface area contributed by atoms with E-state index in [0.717, 1.165) is 5.56 Å². The highest BCUT2D eigenvalue weighted by molar-refractivity contribution is 7.90. The minimum absolute atomic E-state index is 0.121. The molecule has 0 saturated carbocycles. The first-order valence-electron chi connectivity index (χ1n) is 10.0. The number of hydrogen-bond donors (Lipinski definition) is 3. The first-order chi connectivity index (χ1) is 15.0. The normalized spacial score (nSPS) is 17.1. The van der Waals surface area contributed by atoms with Crippen LogP contribution in [0.1, 0.15) is 37.5 Å². The number of aliphatic imine (C=N–C) groups is 1. The molecule has 2 aromatic rings. The summed E-state index contributed by atoms with van der Waals surface area (Å²) in [5.41, 5.74) is 1.87. The van der Waals surface area contributed by atoms with Crippen LogP contribution >= 0.6 is 0 Å². The van der Waals surface area contributed by atoms with E-state index >= 15 is 0 Å². The summed E-state index contributed by atoms with van der Waals surface area (Å²) < 4.78 is 53.3. The number of fused-ring (bicyclic) bond motifs is 1. The molecule has 2 aromatic carbocycles. The van der Waals surface area contributed by atoms with Crippen LogP contribution in [-0.2, 0) is 37.1 Å². The lowest BCUT2D eigenvalue weighted by Gasteiger charge is -2.11. The van der Waals surface area contributed by atoms with E-state index in [1.807, 2.05) is 0 Å². The van der Waals surface area contributed by atoms with Crippen LogP contribution < -0.4 is 14.8 Å². The molecular weight excluding hydrogens is 452 g/mol. The largest absolute Gasteiger partial charge is 0.350 e. The van der Waals surface area contributed by atoms with Gasteiger partial charge in [-0.25, -0.2) is 21.6 Å². The van der Waals surface area contributed by atoms with E-state index in [9.17, 15) is 21.6 Å². The Hall–Kier alpha value is -2.76. The number of sulfonamides is 2. The second-order valence-electron chi connectivity index (χ2n) is 7.82. The molecule has 1 amide bonds. The van der Waals surface area contributed by atoms with Crippen LogP contribution in [0.2, 0.25) is 0 Å². The van der Waals surface area contributed by atoms with Crippen molar-refractivity contribution in [2.75, 3.05) is 0 Å². The molecule has 1 unspecified atom stereocenters. The number of rotatable bonds is 8. The number of nitrogens with one attached hydrogen (secondary N) is 3. The summed E-state index contributed by atoms with van der Waals surface area (Å²) in [5.74, 6) is -0.346. The average Bonchev–Trinajstić information content (AvgIpc) is 2.96. The highest BCUT2D eigenvalue weighted by atomic mass is 32.2. The molecule has 0 radical (unpaired) electrons. The van der Waals surface area contributed by atoms with Gasteiger partial charge in [0.25, 0.3) is 10.0 Å². The quantitative estimate of drug-likeness (QED) is 0.525. The number of amides is 1. The SMILES string of the molecule is CC(C)NS(=O)(=O)Cc1ccc(CNC(=O)C(C)N=C2NS(=O)(=O)c3ccccc32)cc1. The lowest BCUT2D eigenvalue weighted by Crippen LogP contribution is -2.33. The Labute approximate surface area is 188 Å². The predicted octanol–water partition coefficient (Wildman–Crippen LogP) is 1.26. The van der Waals surface area contributed by atoms with Gasteiger partial charge in [0.2, 0.25) is 15.9 Å². The van der Waals surface area contributed by atoms with Crippen LogP contribution in [0.5, 0.6) is 0 Å². The monoisotopic (exact) mass is 478 g/mol. The van der Waals surface area contributed by atoms with Crippen LogP contribution in [0.4, 0.5) is 0 Å². The number of carbonyl (C=O) groups excluding carboxylic acids is 1. The van der Waals surface area contributed by atoms with E-state index in [0.29, 0.717) is 11.1 Å². The summed E-state index contributed by atoms with van der Waals surface area (Å²) in [4.78, 5) is 16.8. The zero-order valence-electron chi connectivity index (χ0n) is 18.0. The zero-order valence-corrected chi connectivity index (χ0v) is 19.6. The van der Waals surface area contributed by atoms with Crippen LogP contribution in [0.15, 0.2) is 58.4 Å². The second kappa shape index (κ2) is 9.39. The topological polar surface area (TPSA) is 134 Å². The van der Waals surface area contributed by atoms with Gasteiger partial charge in [-0.05, 0) is 44.0 Å². The summed E-state index contributed by atoms with van der Waals surface area (Å²) in [7, 11) is -7.07. The molecule has 3 rings (SSSR count). The van der Waals surface area contributed by atoms with Crippen molar-refractivity contribution in [1.82, 2.24) is 14.8 Å². The van der Waals surface area contributed by atoms with Gasteiger partial charge in [0.05, 0.1) is 10.6 Å². The Morgan fingerprint density at radius 3 is 2.31 bits per heavy atom. The van der Waals surface area contributed by atoms with Gasteiger partial charge in [0.1, 0.15) is 11.9 Å². The van der Waals surface area contributed by atoms with E-state index in [1.54, 1.807) is 63.2 Å². The van der Waals surface area contributed by atoms with E-state index in [2.05, 4.69) is 19.8 Å². The number of hydrogen-bond acceptors (Lipinski definition) is 6. The van der Waals surface area contributed by atoms with E-state index in [1.165, 1.54) is 6.07 Å². The van der Waals surface area contributed by atoms with Crippen molar-refractivity contribution in [2.45, 2.75) is 50.0 Å². The van der Waals surface area contributed by atoms with E-state index in [4.69, 9.17) is 0 Å². The lowest BCUT2D eigenvalue weighted by atomic mass is 10.1. The third kappa shape index (κ3) is 5.93. The van der Waals surface area contributed by atoms with Crippen LogP contribution in [0, 0.1) is 0 Å². The van der Waals surface area contributed by atoms with Gasteiger partial charge in [-0.15, -0.1) is 0 Å². The molecule has 0 spiro atoms. The first kappa shape index (κ1) is 23.9. The first-order valence-corrected chi connectivity index (χ1v) is 13.2. The van der Waals surface area contributed by atoms with Crippen LogP contribution in [-0.4, -0.2) is 40.7 Å². The second-order valence-corrected chi connectivity index (χ2v) is 11.2. The maximum atomic E-state index is 12.5. The number of nitrogens with zero attached hydrogens (tertiary/aromatic N) is 1. The predicted molar refractivity (Wildman–Crippen MR) is 122 cm³/mol. The van der Waals surface area contributed by atoms with Crippen molar-refractivity contribution in [1.29, 1.82) is 0 Å². The molecule has 1 atom stereocenters. The molecule has 11 heteroatoms. The number of carbonyl (C=O) groups is 1. The third-order valence-corrected chi connectivity index (χ3v) is 7.57. The highest BCUT2D eigenvalue weighted by Gasteiger charge is 2.31. The van der Waals surface area contributed by atoms with Crippen LogP contribution in [0.25, 0.3) is 0 Å². The van der Waals surface area contributed by atoms with Crippen LogP contribution in [0.3, 0.4) is 0 Å². The fraction of sp³-hybridized carbons (Fsp3) is 0.333. The van der Waals surface area contributed by atoms with Gasteiger partial charge in [0.15, 0.2) is 0 Å². The smallest absolute Gasteiger partial charge is 0.263 e. The Balaban J connectivity index is 1.60. The Morgan fingerprint density at radius 1 is 1.03 bits per heavy atom. The third-order valence-electron chi connectivity index (χ3n) is 4.63. The molecule has 9 nitrogen and oxygen atoms in total. The highest BCUT2D eigenvalue weighted by Crippen LogP contribution is 2.22. The molecule has 32 heavy (non-hydrogen) atoms. The Morgan fingerprint density at radius 2 is 1.66 bits per heavy atom. The lowest BCUT2D eigenvalue weighted by molar-refractivity contribution is -0.122. The van der Waals surface area contributed by atoms with E-state index in [-0.39, 0.29) is 35.0 Å². The minimum atomic E-state index is -3.67. The van der Waals surface area contributed by atoms with Gasteiger partial charge in [-0.3, -0.25) is 14.5 Å². The summed E-state index contributed by atoms with van der Waals surface area (Å²) in [5, 5.41) is 2.76. The van der Waals surface area contributed by atoms with Crippen molar-refractivity contribution < 1.29 is 21.6 Å². The molecule has 0 fully saturated rings. The van der Waals surface area contributed by atoms with Crippen molar-refractivity contribution in [3.05, 3.63) is 65.2 Å². The average molecular weight is 479 g/mol. The molecule has 1 heterocycles. The van der Waals surface area contributed by atoms with Crippen molar-refractivity contribution in [3.8, 4) is 0 Å². The van der Waals surface area contributed by atoms with Gasteiger partial charge in [-0.1, -0.05) is 36.4 Å². The van der Waals surface area contributed by atoms with Crippen molar-refractivity contribution in [2.24, 2.45) is 4.99 Å². The maximum Gasteiger partial charge on any atom is 0.263 e. The molecule has 0 saturated heterocycles. The molecule has 1 aliphatic heterocycles. The molecule has 3 N–H and O–H groups in total. The summed E-state index contributed by atoms with van der Waals surface area (Å²) >= 11 is 0. The molecular formula is C21H26N4O5S2. The summed E-state index contributed by atoms with van der Waals surface area (Å²) in [6.07, 6.45) is 0. The maximum absolute atomic E-state index is 12.5. The van der Waals surface area contributed by atoms with Gasteiger partial charge in [-0.2, -0.15) is 0 Å². The summed E-state index contributed by atoms with van der Waals surface area (Å²) in [6, 6.07) is 12.4. The van der Waals surface area contributed by atoms with Crippen molar-refractivity contribution in [3.63, 3.8) is 0 Å². The minimum Gasteiger partial charge on any atom is -0.350 e. The standard InChI is InChI=1S/C21H26N4O5S2/c1-14(2)24-31(27,28)13-17-10-8-16(9-11-17)12-22-21(26)15(3)23-20-18-6-4-5-7-19(18)32(29,30)25-20/h4-11,14-15,24H,12-13H2,1-3H3,(H,22,26)(H,23,25).